The molecule has 0 spiro atoms. The van der Waals surface area contributed by atoms with Crippen molar-refractivity contribution in [2.45, 2.75) is 86.5 Å². The van der Waals surface area contributed by atoms with Crippen LogP contribution in [0.4, 0.5) is 0 Å². The van der Waals surface area contributed by atoms with Crippen molar-refractivity contribution >= 4 is 17.7 Å². The van der Waals surface area contributed by atoms with E-state index in [0.717, 1.165) is 45.2 Å². The molecule has 2 aliphatic rings. The largest absolute Gasteiger partial charge is 0.342 e. The summed E-state index contributed by atoms with van der Waals surface area (Å²) in [6.07, 6.45) is 5.73. The summed E-state index contributed by atoms with van der Waals surface area (Å²) in [7, 11) is 0. The highest BCUT2D eigenvalue weighted by Crippen LogP contribution is 2.36. The number of hydrogen-bond acceptors (Lipinski definition) is 3. The maximum absolute atomic E-state index is 12.5. The summed E-state index contributed by atoms with van der Waals surface area (Å²) in [4.78, 5) is 40.5. The number of nitrogens with zero attached hydrogens (tertiary/aromatic N) is 2. The molecule has 0 aliphatic carbocycles. The predicted molar refractivity (Wildman–Crippen MR) is 112 cm³/mol. The fraction of sp³-hybridized carbons (Fsp3) is 0.870. The second-order valence-electron chi connectivity index (χ2n) is 10.9. The SMILES string of the molecule is CC(C)(C)C1CCN(C(=O)CCCCCCN2C(=O)CC(C(C)(C)C)C2=O)C1. The highest BCUT2D eigenvalue weighted by molar-refractivity contribution is 6.03. The van der Waals surface area contributed by atoms with Crippen LogP contribution in [-0.2, 0) is 14.4 Å². The summed E-state index contributed by atoms with van der Waals surface area (Å²) in [5, 5.41) is 0. The zero-order chi connectivity index (χ0) is 21.1. The summed E-state index contributed by atoms with van der Waals surface area (Å²) in [6.45, 7) is 15.2. The van der Waals surface area contributed by atoms with Gasteiger partial charge in [0.1, 0.15) is 0 Å². The third-order valence-corrected chi connectivity index (χ3v) is 6.58. The van der Waals surface area contributed by atoms with Gasteiger partial charge < -0.3 is 4.90 Å². The summed E-state index contributed by atoms with van der Waals surface area (Å²) in [5.74, 6) is 0.668. The van der Waals surface area contributed by atoms with Crippen molar-refractivity contribution in [1.82, 2.24) is 9.80 Å². The monoisotopic (exact) mass is 392 g/mol. The van der Waals surface area contributed by atoms with E-state index in [1.807, 2.05) is 25.7 Å². The van der Waals surface area contributed by atoms with Crippen LogP contribution in [0.1, 0.15) is 86.5 Å². The second kappa shape index (κ2) is 8.96. The molecule has 0 aromatic rings. The molecule has 2 fully saturated rings. The van der Waals surface area contributed by atoms with E-state index in [4.69, 9.17) is 0 Å². The zero-order valence-corrected chi connectivity index (χ0v) is 18.8. The zero-order valence-electron chi connectivity index (χ0n) is 18.8. The van der Waals surface area contributed by atoms with Gasteiger partial charge in [0.2, 0.25) is 17.7 Å². The van der Waals surface area contributed by atoms with Crippen LogP contribution in [0.2, 0.25) is 0 Å². The molecule has 0 N–H and O–H groups in total. The Morgan fingerprint density at radius 1 is 0.964 bits per heavy atom. The van der Waals surface area contributed by atoms with Gasteiger partial charge in [-0.3, -0.25) is 19.3 Å². The Morgan fingerprint density at radius 2 is 1.61 bits per heavy atom. The molecule has 0 radical (unpaired) electrons. The fourth-order valence-corrected chi connectivity index (χ4v) is 4.35. The first-order valence-corrected chi connectivity index (χ1v) is 11.0. The molecule has 0 bridgehead atoms. The molecule has 0 saturated carbocycles. The third kappa shape index (κ3) is 5.81. The van der Waals surface area contributed by atoms with Crippen molar-refractivity contribution in [1.29, 1.82) is 0 Å². The first-order valence-electron chi connectivity index (χ1n) is 11.0. The van der Waals surface area contributed by atoms with E-state index in [1.54, 1.807) is 0 Å². The maximum Gasteiger partial charge on any atom is 0.233 e. The molecule has 2 rings (SSSR count). The van der Waals surface area contributed by atoms with Crippen molar-refractivity contribution in [2.24, 2.45) is 22.7 Å². The highest BCUT2D eigenvalue weighted by atomic mass is 16.2. The summed E-state index contributed by atoms with van der Waals surface area (Å²) in [6, 6.07) is 0. The van der Waals surface area contributed by atoms with Crippen LogP contribution < -0.4 is 0 Å². The lowest BCUT2D eigenvalue weighted by Crippen LogP contribution is -2.34. The molecule has 5 nitrogen and oxygen atoms in total. The van der Waals surface area contributed by atoms with Crippen LogP contribution in [0.5, 0.6) is 0 Å². The van der Waals surface area contributed by atoms with Crippen molar-refractivity contribution in [2.75, 3.05) is 19.6 Å². The molecular weight excluding hydrogens is 352 g/mol. The van der Waals surface area contributed by atoms with Gasteiger partial charge >= 0.3 is 0 Å². The average molecular weight is 393 g/mol. The molecule has 2 atom stereocenters. The lowest BCUT2D eigenvalue weighted by Gasteiger charge is -2.27. The molecule has 2 saturated heterocycles. The van der Waals surface area contributed by atoms with Gasteiger partial charge in [0.25, 0.3) is 0 Å². The Hall–Kier alpha value is -1.39. The van der Waals surface area contributed by atoms with Gasteiger partial charge in [0, 0.05) is 32.5 Å². The number of rotatable bonds is 7. The molecule has 2 aliphatic heterocycles. The number of hydrogen-bond donors (Lipinski definition) is 0. The summed E-state index contributed by atoms with van der Waals surface area (Å²) in [5.41, 5.74) is 0.106. The van der Waals surface area contributed by atoms with Crippen LogP contribution in [0.15, 0.2) is 0 Å². The van der Waals surface area contributed by atoms with Crippen molar-refractivity contribution in [3.63, 3.8) is 0 Å². The highest BCUT2D eigenvalue weighted by Gasteiger charge is 2.44. The minimum atomic E-state index is -0.185. The topological polar surface area (TPSA) is 57.7 Å². The molecule has 0 aromatic carbocycles. The Morgan fingerprint density at radius 3 is 2.14 bits per heavy atom. The van der Waals surface area contributed by atoms with Crippen LogP contribution in [-0.4, -0.2) is 47.2 Å². The molecule has 2 heterocycles. The standard InChI is InChI=1S/C23H40N2O3/c1-22(2,3)17-12-14-24(16-17)19(26)11-9-7-8-10-13-25-20(27)15-18(21(25)28)23(4,5)6/h17-18H,7-16H2,1-6H3. The van der Waals surface area contributed by atoms with Gasteiger partial charge in [-0.05, 0) is 36.0 Å². The quantitative estimate of drug-likeness (QED) is 0.481. The average Bonchev–Trinajstić information content (AvgIpc) is 3.16. The number of carbonyl (C=O) groups is 3. The number of imide groups is 1. The Bertz CT molecular complexity index is 586. The van der Waals surface area contributed by atoms with Crippen molar-refractivity contribution < 1.29 is 14.4 Å². The second-order valence-corrected chi connectivity index (χ2v) is 10.9. The first kappa shape index (κ1) is 22.9. The molecule has 2 unspecified atom stereocenters. The third-order valence-electron chi connectivity index (χ3n) is 6.58. The van der Waals surface area contributed by atoms with Crippen molar-refractivity contribution in [3.8, 4) is 0 Å². The molecule has 160 valence electrons. The van der Waals surface area contributed by atoms with E-state index < -0.39 is 0 Å². The minimum absolute atomic E-state index is 0.00452. The van der Waals surface area contributed by atoms with E-state index in [9.17, 15) is 14.4 Å². The number of unbranched alkanes of at least 4 members (excludes halogenated alkanes) is 3. The molecular formula is C23H40N2O3. The van der Waals surface area contributed by atoms with Gasteiger partial charge in [-0.25, -0.2) is 0 Å². The van der Waals surface area contributed by atoms with Gasteiger partial charge in [-0.1, -0.05) is 54.4 Å². The summed E-state index contributed by atoms with van der Waals surface area (Å²) < 4.78 is 0. The van der Waals surface area contributed by atoms with E-state index >= 15 is 0 Å². The predicted octanol–water partition coefficient (Wildman–Crippen LogP) is 4.25. The van der Waals surface area contributed by atoms with Crippen LogP contribution in [0.25, 0.3) is 0 Å². The lowest BCUT2D eigenvalue weighted by atomic mass is 9.80. The Labute approximate surface area is 171 Å². The van der Waals surface area contributed by atoms with E-state index in [0.29, 0.717) is 25.3 Å². The van der Waals surface area contributed by atoms with Gasteiger partial charge in [0.05, 0.1) is 5.92 Å². The minimum Gasteiger partial charge on any atom is -0.342 e. The molecule has 3 amide bonds. The normalized spacial score (nSPS) is 23.8. The molecule has 0 aromatic heterocycles. The Balaban J connectivity index is 1.62. The smallest absolute Gasteiger partial charge is 0.233 e. The van der Waals surface area contributed by atoms with E-state index in [2.05, 4.69) is 20.8 Å². The van der Waals surface area contributed by atoms with Crippen LogP contribution >= 0.6 is 0 Å². The van der Waals surface area contributed by atoms with E-state index in [-0.39, 0.29) is 34.5 Å². The maximum atomic E-state index is 12.5. The van der Waals surface area contributed by atoms with Crippen LogP contribution in [0, 0.1) is 22.7 Å². The lowest BCUT2D eigenvalue weighted by molar-refractivity contribution is -0.140. The first-order chi connectivity index (χ1) is 12.9. The van der Waals surface area contributed by atoms with Gasteiger partial charge in [0.15, 0.2) is 0 Å². The Kier molecular flexibility index (Phi) is 7.33. The molecule has 28 heavy (non-hydrogen) atoms. The van der Waals surface area contributed by atoms with Gasteiger partial charge in [-0.15, -0.1) is 0 Å². The van der Waals surface area contributed by atoms with E-state index in [1.165, 1.54) is 4.90 Å². The summed E-state index contributed by atoms with van der Waals surface area (Å²) >= 11 is 0. The fourth-order valence-electron chi connectivity index (χ4n) is 4.35. The number of likely N-dealkylation sites (tertiary alicyclic amines) is 2. The number of carbonyl (C=O) groups excluding carboxylic acids is 3. The van der Waals surface area contributed by atoms with Crippen LogP contribution in [0.3, 0.4) is 0 Å². The van der Waals surface area contributed by atoms with Gasteiger partial charge in [-0.2, -0.15) is 0 Å². The van der Waals surface area contributed by atoms with Crippen molar-refractivity contribution in [3.05, 3.63) is 0 Å². The number of amides is 3. The molecule has 5 heteroatoms.